The van der Waals surface area contributed by atoms with Gasteiger partial charge in [0.2, 0.25) is 0 Å². The molecule has 0 saturated heterocycles. The minimum Gasteiger partial charge on any atom is -0.310 e. The minimum absolute atomic E-state index is 0.509. The second kappa shape index (κ2) is 3.02. The van der Waals surface area contributed by atoms with Crippen LogP contribution in [-0.4, -0.2) is 33.2 Å². The number of hydrogen-bond acceptors (Lipinski definition) is 4. The highest BCUT2D eigenvalue weighted by atomic mass is 15.5. The molecule has 0 amide bonds. The van der Waals surface area contributed by atoms with Gasteiger partial charge >= 0.3 is 0 Å². The molecule has 64 valence electrons. The Morgan fingerprint density at radius 1 is 1.58 bits per heavy atom. The van der Waals surface area contributed by atoms with Crippen molar-refractivity contribution in [2.24, 2.45) is 0 Å². The van der Waals surface area contributed by atoms with Crippen LogP contribution in [-0.2, 0) is 0 Å². The highest BCUT2D eigenvalue weighted by Gasteiger charge is 2.13. The second-order valence-corrected chi connectivity index (χ2v) is 2.99. The largest absolute Gasteiger partial charge is 0.310 e. The van der Waals surface area contributed by atoms with E-state index in [9.17, 15) is 0 Å². The lowest BCUT2D eigenvalue weighted by atomic mass is 10.0. The van der Waals surface area contributed by atoms with Gasteiger partial charge < -0.3 is 5.32 Å². The first-order valence-electron chi connectivity index (χ1n) is 4.03. The monoisotopic (exact) mass is 165 g/mol. The zero-order valence-corrected chi connectivity index (χ0v) is 6.91. The lowest BCUT2D eigenvalue weighted by Gasteiger charge is -2.18. The summed E-state index contributed by atoms with van der Waals surface area (Å²) < 4.78 is 0. The standard InChI is InChI=1S/C7H11N5/c1-5-4-6(2-3-8-5)7-9-11-12-10-7/h2,5,8H,3-4H2,1H3,(H,9,10,11,12). The van der Waals surface area contributed by atoms with Crippen LogP contribution in [0.25, 0.3) is 5.57 Å². The van der Waals surface area contributed by atoms with E-state index in [4.69, 9.17) is 0 Å². The molecular formula is C7H11N5. The third kappa shape index (κ3) is 1.35. The molecule has 0 aliphatic carbocycles. The molecule has 0 bridgehead atoms. The van der Waals surface area contributed by atoms with Crippen LogP contribution in [0.5, 0.6) is 0 Å². The zero-order chi connectivity index (χ0) is 8.39. The predicted octanol–water partition coefficient (Wildman–Crippen LogP) is -0.0351. The molecule has 1 aliphatic heterocycles. The fourth-order valence-electron chi connectivity index (χ4n) is 1.36. The van der Waals surface area contributed by atoms with Crippen molar-refractivity contribution in [1.29, 1.82) is 0 Å². The van der Waals surface area contributed by atoms with Gasteiger partial charge in [0.1, 0.15) is 0 Å². The number of hydrogen-bond donors (Lipinski definition) is 2. The average molecular weight is 165 g/mol. The van der Waals surface area contributed by atoms with Gasteiger partial charge in [-0.3, -0.25) is 0 Å². The summed E-state index contributed by atoms with van der Waals surface area (Å²) in [6.45, 7) is 3.05. The van der Waals surface area contributed by atoms with E-state index >= 15 is 0 Å². The highest BCUT2D eigenvalue weighted by molar-refractivity contribution is 5.60. The number of nitrogens with one attached hydrogen (secondary N) is 2. The van der Waals surface area contributed by atoms with Crippen molar-refractivity contribution in [1.82, 2.24) is 25.9 Å². The van der Waals surface area contributed by atoms with E-state index in [0.717, 1.165) is 18.8 Å². The smallest absolute Gasteiger partial charge is 0.175 e. The molecule has 0 radical (unpaired) electrons. The van der Waals surface area contributed by atoms with Gasteiger partial charge in [-0.1, -0.05) is 6.08 Å². The quantitative estimate of drug-likeness (QED) is 0.613. The van der Waals surface area contributed by atoms with Crippen LogP contribution in [0.4, 0.5) is 0 Å². The van der Waals surface area contributed by atoms with Gasteiger partial charge in [0.05, 0.1) is 0 Å². The molecule has 2 rings (SSSR count). The van der Waals surface area contributed by atoms with Crippen LogP contribution < -0.4 is 5.32 Å². The van der Waals surface area contributed by atoms with Gasteiger partial charge in [0, 0.05) is 12.6 Å². The summed E-state index contributed by atoms with van der Waals surface area (Å²) in [4.78, 5) is 0. The Labute approximate surface area is 70.2 Å². The van der Waals surface area contributed by atoms with Crippen LogP contribution in [0.1, 0.15) is 19.2 Å². The number of H-pyrrole nitrogens is 1. The van der Waals surface area contributed by atoms with Gasteiger partial charge in [-0.2, -0.15) is 0 Å². The van der Waals surface area contributed by atoms with Gasteiger partial charge in [0.15, 0.2) is 5.82 Å². The van der Waals surface area contributed by atoms with Crippen molar-refractivity contribution in [2.75, 3.05) is 6.54 Å². The highest BCUT2D eigenvalue weighted by Crippen LogP contribution is 2.17. The van der Waals surface area contributed by atoms with E-state index < -0.39 is 0 Å². The Morgan fingerprint density at radius 2 is 2.50 bits per heavy atom. The molecule has 5 heteroatoms. The van der Waals surface area contributed by atoms with E-state index in [0.29, 0.717) is 6.04 Å². The van der Waals surface area contributed by atoms with Crippen molar-refractivity contribution in [2.45, 2.75) is 19.4 Å². The number of aromatic amines is 1. The molecule has 1 aliphatic rings. The molecule has 1 unspecified atom stereocenters. The Hall–Kier alpha value is -1.23. The van der Waals surface area contributed by atoms with Crippen LogP contribution in [0.3, 0.4) is 0 Å². The number of aromatic nitrogens is 4. The fraction of sp³-hybridized carbons (Fsp3) is 0.571. The molecule has 0 spiro atoms. The zero-order valence-electron chi connectivity index (χ0n) is 6.91. The van der Waals surface area contributed by atoms with Crippen molar-refractivity contribution in [3.05, 3.63) is 11.9 Å². The third-order valence-corrected chi connectivity index (χ3v) is 1.99. The summed E-state index contributed by atoms with van der Waals surface area (Å²) in [5.41, 5.74) is 1.20. The molecule has 2 N–H and O–H groups in total. The van der Waals surface area contributed by atoms with Crippen LogP contribution in [0, 0.1) is 0 Å². The van der Waals surface area contributed by atoms with E-state index in [1.807, 2.05) is 0 Å². The van der Waals surface area contributed by atoms with Crippen LogP contribution >= 0.6 is 0 Å². The molecule has 0 saturated carbocycles. The maximum atomic E-state index is 3.86. The molecule has 1 atom stereocenters. The normalized spacial score (nSPS) is 23.8. The average Bonchev–Trinajstić information content (AvgIpc) is 2.56. The Balaban J connectivity index is 2.19. The predicted molar refractivity (Wildman–Crippen MR) is 44.2 cm³/mol. The SMILES string of the molecule is CC1CC(c2nnn[nH]2)=CCN1. The van der Waals surface area contributed by atoms with Gasteiger partial charge in [-0.15, -0.1) is 5.10 Å². The Kier molecular flexibility index (Phi) is 1.87. The van der Waals surface area contributed by atoms with Crippen LogP contribution in [0.15, 0.2) is 6.08 Å². The Morgan fingerprint density at radius 3 is 3.17 bits per heavy atom. The molecule has 2 heterocycles. The van der Waals surface area contributed by atoms with Gasteiger partial charge in [-0.25, -0.2) is 5.10 Å². The van der Waals surface area contributed by atoms with Crippen molar-refractivity contribution in [3.8, 4) is 0 Å². The first kappa shape index (κ1) is 7.42. The van der Waals surface area contributed by atoms with E-state index in [1.165, 1.54) is 5.57 Å². The van der Waals surface area contributed by atoms with Crippen molar-refractivity contribution in [3.63, 3.8) is 0 Å². The Bertz CT molecular complexity index is 276. The minimum atomic E-state index is 0.509. The molecule has 1 aromatic rings. The lowest BCUT2D eigenvalue weighted by Crippen LogP contribution is -2.30. The van der Waals surface area contributed by atoms with Crippen molar-refractivity contribution >= 4 is 5.57 Å². The summed E-state index contributed by atoms with van der Waals surface area (Å²) in [7, 11) is 0. The maximum Gasteiger partial charge on any atom is 0.175 e. The molecule has 1 aromatic heterocycles. The summed E-state index contributed by atoms with van der Waals surface area (Å²) in [6, 6.07) is 0.509. The molecular weight excluding hydrogens is 154 g/mol. The van der Waals surface area contributed by atoms with Crippen molar-refractivity contribution < 1.29 is 0 Å². The second-order valence-electron chi connectivity index (χ2n) is 2.99. The van der Waals surface area contributed by atoms with Gasteiger partial charge in [0.25, 0.3) is 0 Å². The van der Waals surface area contributed by atoms with Gasteiger partial charge in [-0.05, 0) is 29.3 Å². The summed E-state index contributed by atoms with van der Waals surface area (Å²) in [5, 5.41) is 17.0. The third-order valence-electron chi connectivity index (χ3n) is 1.99. The topological polar surface area (TPSA) is 66.5 Å². The number of nitrogens with zero attached hydrogens (tertiary/aromatic N) is 3. The first-order chi connectivity index (χ1) is 5.86. The van der Waals surface area contributed by atoms with E-state index in [1.54, 1.807) is 0 Å². The summed E-state index contributed by atoms with van der Waals surface area (Å²) in [6.07, 6.45) is 3.10. The maximum absolute atomic E-state index is 3.86. The number of tetrazole rings is 1. The first-order valence-corrected chi connectivity index (χ1v) is 4.03. The van der Waals surface area contributed by atoms with E-state index in [2.05, 4.69) is 38.9 Å². The number of rotatable bonds is 1. The summed E-state index contributed by atoms with van der Waals surface area (Å²) in [5.74, 6) is 0.795. The molecule has 0 aromatic carbocycles. The van der Waals surface area contributed by atoms with Crippen LogP contribution in [0.2, 0.25) is 0 Å². The fourth-order valence-corrected chi connectivity index (χ4v) is 1.36. The van der Waals surface area contributed by atoms with E-state index in [-0.39, 0.29) is 0 Å². The molecule has 12 heavy (non-hydrogen) atoms. The summed E-state index contributed by atoms with van der Waals surface area (Å²) >= 11 is 0. The lowest BCUT2D eigenvalue weighted by molar-refractivity contribution is 0.577. The molecule has 5 nitrogen and oxygen atoms in total. The molecule has 0 fully saturated rings.